The Balaban J connectivity index is 1.97. The van der Waals surface area contributed by atoms with Crippen LogP contribution in [-0.4, -0.2) is 28.0 Å². The lowest BCUT2D eigenvalue weighted by atomic mass is 10.2. The fraction of sp³-hybridized carbons (Fsp3) is 0.136. The van der Waals surface area contributed by atoms with E-state index in [4.69, 9.17) is 16.3 Å². The van der Waals surface area contributed by atoms with E-state index in [2.05, 4.69) is 5.32 Å². The SMILES string of the molecule is COc1cccc(NC(=O)CN(c2cc(Cl)ccc2C)S(=O)(=O)c2ccccc2)c1. The van der Waals surface area contributed by atoms with Crippen LogP contribution in [0.5, 0.6) is 5.75 Å². The van der Waals surface area contributed by atoms with Gasteiger partial charge in [0, 0.05) is 16.8 Å². The summed E-state index contributed by atoms with van der Waals surface area (Å²) in [6.07, 6.45) is 0. The van der Waals surface area contributed by atoms with Crippen molar-refractivity contribution in [3.05, 3.63) is 83.4 Å². The van der Waals surface area contributed by atoms with Gasteiger partial charge in [0.1, 0.15) is 12.3 Å². The summed E-state index contributed by atoms with van der Waals surface area (Å²) in [6, 6.07) is 19.7. The van der Waals surface area contributed by atoms with Crippen molar-refractivity contribution in [1.82, 2.24) is 0 Å². The maximum Gasteiger partial charge on any atom is 0.264 e. The van der Waals surface area contributed by atoms with Crippen molar-refractivity contribution in [2.24, 2.45) is 0 Å². The van der Waals surface area contributed by atoms with Crippen LogP contribution in [0.1, 0.15) is 5.56 Å². The molecule has 0 unspecified atom stereocenters. The first kappa shape index (κ1) is 21.7. The van der Waals surface area contributed by atoms with E-state index in [9.17, 15) is 13.2 Å². The number of nitrogens with one attached hydrogen (secondary N) is 1. The van der Waals surface area contributed by atoms with Crippen LogP contribution in [0.25, 0.3) is 0 Å². The number of ether oxygens (including phenoxy) is 1. The van der Waals surface area contributed by atoms with Gasteiger partial charge in [-0.05, 0) is 48.9 Å². The fourth-order valence-corrected chi connectivity index (χ4v) is 4.57. The summed E-state index contributed by atoms with van der Waals surface area (Å²) in [5, 5.41) is 3.09. The van der Waals surface area contributed by atoms with E-state index >= 15 is 0 Å². The lowest BCUT2D eigenvalue weighted by Gasteiger charge is -2.26. The van der Waals surface area contributed by atoms with Gasteiger partial charge in [0.15, 0.2) is 0 Å². The minimum absolute atomic E-state index is 0.0820. The Morgan fingerprint density at radius 3 is 2.47 bits per heavy atom. The summed E-state index contributed by atoms with van der Waals surface area (Å²) >= 11 is 6.12. The van der Waals surface area contributed by atoms with Crippen molar-refractivity contribution < 1.29 is 17.9 Å². The zero-order chi connectivity index (χ0) is 21.7. The zero-order valence-electron chi connectivity index (χ0n) is 16.5. The average molecular weight is 445 g/mol. The van der Waals surface area contributed by atoms with Gasteiger partial charge in [-0.1, -0.05) is 41.9 Å². The number of hydrogen-bond acceptors (Lipinski definition) is 4. The Morgan fingerprint density at radius 2 is 1.77 bits per heavy atom. The van der Waals surface area contributed by atoms with Crippen molar-refractivity contribution in [2.75, 3.05) is 23.3 Å². The number of nitrogens with zero attached hydrogens (tertiary/aromatic N) is 1. The monoisotopic (exact) mass is 444 g/mol. The number of rotatable bonds is 7. The van der Waals surface area contributed by atoms with Crippen molar-refractivity contribution in [3.63, 3.8) is 0 Å². The van der Waals surface area contributed by atoms with Crippen molar-refractivity contribution in [3.8, 4) is 5.75 Å². The third-order valence-electron chi connectivity index (χ3n) is 4.41. The molecule has 3 aromatic rings. The van der Waals surface area contributed by atoms with Crippen LogP contribution in [0.2, 0.25) is 5.02 Å². The molecule has 0 aliphatic heterocycles. The normalized spacial score (nSPS) is 11.0. The minimum atomic E-state index is -4.00. The summed E-state index contributed by atoms with van der Waals surface area (Å²) in [4.78, 5) is 12.9. The Hall–Kier alpha value is -3.03. The van der Waals surface area contributed by atoms with Crippen LogP contribution in [0.4, 0.5) is 11.4 Å². The largest absolute Gasteiger partial charge is 0.497 e. The number of carbonyl (C=O) groups excluding carboxylic acids is 1. The van der Waals surface area contributed by atoms with Crippen molar-refractivity contribution in [1.29, 1.82) is 0 Å². The first-order chi connectivity index (χ1) is 14.3. The van der Waals surface area contributed by atoms with E-state index in [-0.39, 0.29) is 4.90 Å². The highest BCUT2D eigenvalue weighted by Gasteiger charge is 2.28. The molecule has 0 saturated heterocycles. The molecule has 0 aliphatic rings. The van der Waals surface area contributed by atoms with Gasteiger partial charge in [-0.15, -0.1) is 0 Å². The number of amides is 1. The van der Waals surface area contributed by atoms with Crippen LogP contribution < -0.4 is 14.4 Å². The molecule has 0 aromatic heterocycles. The van der Waals surface area contributed by atoms with E-state index in [1.807, 2.05) is 0 Å². The van der Waals surface area contributed by atoms with Crippen LogP contribution in [0.3, 0.4) is 0 Å². The van der Waals surface area contributed by atoms with Gasteiger partial charge in [-0.2, -0.15) is 0 Å². The quantitative estimate of drug-likeness (QED) is 0.582. The van der Waals surface area contributed by atoms with Crippen molar-refractivity contribution in [2.45, 2.75) is 11.8 Å². The second-order valence-electron chi connectivity index (χ2n) is 6.54. The molecular formula is C22H21ClN2O4S. The van der Waals surface area contributed by atoms with Gasteiger partial charge in [0.25, 0.3) is 10.0 Å². The van der Waals surface area contributed by atoms with E-state index in [1.54, 1.807) is 61.5 Å². The fourth-order valence-electron chi connectivity index (χ4n) is 2.90. The summed E-state index contributed by atoms with van der Waals surface area (Å²) < 4.78 is 33.0. The predicted molar refractivity (Wildman–Crippen MR) is 119 cm³/mol. The number of carbonyl (C=O) groups is 1. The molecule has 156 valence electrons. The second-order valence-corrected chi connectivity index (χ2v) is 8.83. The molecule has 0 bridgehead atoms. The maximum atomic E-state index is 13.4. The summed E-state index contributed by atoms with van der Waals surface area (Å²) in [5.74, 6) is 0.0781. The Labute approximate surface area is 181 Å². The summed E-state index contributed by atoms with van der Waals surface area (Å²) in [6.45, 7) is 1.34. The number of anilines is 2. The Bertz CT molecular complexity index is 1150. The number of aryl methyl sites for hydroxylation is 1. The number of benzene rings is 3. The molecule has 0 spiro atoms. The standard InChI is InChI=1S/C22H21ClN2O4S/c1-16-11-12-17(23)13-21(16)25(30(27,28)20-9-4-3-5-10-20)15-22(26)24-18-7-6-8-19(14-18)29-2/h3-14H,15H2,1-2H3,(H,24,26). The van der Waals surface area contributed by atoms with Crippen LogP contribution in [-0.2, 0) is 14.8 Å². The van der Waals surface area contributed by atoms with Crippen molar-refractivity contribution >= 4 is 38.9 Å². The van der Waals surface area contributed by atoms with Gasteiger partial charge in [0.2, 0.25) is 5.91 Å². The predicted octanol–water partition coefficient (Wildman–Crippen LogP) is 4.49. The molecule has 1 N–H and O–H groups in total. The van der Waals surface area contributed by atoms with E-state index in [0.29, 0.717) is 27.7 Å². The summed E-state index contributed by atoms with van der Waals surface area (Å²) in [5.41, 5.74) is 1.51. The molecular weight excluding hydrogens is 424 g/mol. The number of hydrogen-bond donors (Lipinski definition) is 1. The van der Waals surface area contributed by atoms with Gasteiger partial charge < -0.3 is 10.1 Å². The molecule has 0 heterocycles. The lowest BCUT2D eigenvalue weighted by molar-refractivity contribution is -0.114. The third kappa shape index (κ3) is 4.93. The second kappa shape index (κ2) is 9.19. The molecule has 30 heavy (non-hydrogen) atoms. The van der Waals surface area contributed by atoms with Gasteiger partial charge in [-0.25, -0.2) is 8.42 Å². The molecule has 0 atom stereocenters. The van der Waals surface area contributed by atoms with Crippen LogP contribution >= 0.6 is 11.6 Å². The highest BCUT2D eigenvalue weighted by atomic mass is 35.5. The molecule has 8 heteroatoms. The molecule has 0 saturated carbocycles. The molecule has 0 aliphatic carbocycles. The lowest BCUT2D eigenvalue weighted by Crippen LogP contribution is -2.38. The Morgan fingerprint density at radius 1 is 1.03 bits per heavy atom. The third-order valence-corrected chi connectivity index (χ3v) is 6.42. The smallest absolute Gasteiger partial charge is 0.264 e. The molecule has 0 radical (unpaired) electrons. The van der Waals surface area contributed by atoms with E-state index < -0.39 is 22.5 Å². The van der Waals surface area contributed by atoms with Gasteiger partial charge >= 0.3 is 0 Å². The number of halogens is 1. The molecule has 0 fully saturated rings. The van der Waals surface area contributed by atoms with Gasteiger partial charge in [0.05, 0.1) is 17.7 Å². The first-order valence-corrected chi connectivity index (χ1v) is 10.9. The first-order valence-electron chi connectivity index (χ1n) is 9.09. The highest BCUT2D eigenvalue weighted by molar-refractivity contribution is 7.92. The highest BCUT2D eigenvalue weighted by Crippen LogP contribution is 2.29. The van der Waals surface area contributed by atoms with E-state index in [1.165, 1.54) is 25.3 Å². The topological polar surface area (TPSA) is 75.7 Å². The summed E-state index contributed by atoms with van der Waals surface area (Å²) in [7, 11) is -2.48. The number of sulfonamides is 1. The van der Waals surface area contributed by atoms with E-state index in [0.717, 1.165) is 4.31 Å². The molecule has 6 nitrogen and oxygen atoms in total. The number of methoxy groups -OCH3 is 1. The van der Waals surface area contributed by atoms with Gasteiger partial charge in [-0.3, -0.25) is 9.10 Å². The zero-order valence-corrected chi connectivity index (χ0v) is 18.1. The Kier molecular flexibility index (Phi) is 6.64. The average Bonchev–Trinajstić information content (AvgIpc) is 2.74. The molecule has 1 amide bonds. The van der Waals surface area contributed by atoms with Crippen LogP contribution in [0, 0.1) is 6.92 Å². The maximum absolute atomic E-state index is 13.4. The molecule has 3 aromatic carbocycles. The van der Waals surface area contributed by atoms with Crippen LogP contribution in [0.15, 0.2) is 77.7 Å². The molecule has 3 rings (SSSR count). The minimum Gasteiger partial charge on any atom is -0.497 e.